The van der Waals surface area contributed by atoms with Gasteiger partial charge in [-0.3, -0.25) is 4.79 Å². The highest BCUT2D eigenvalue weighted by Gasteiger charge is 2.28. The number of amides is 1. The lowest BCUT2D eigenvalue weighted by atomic mass is 9.88. The molecule has 1 heterocycles. The average Bonchev–Trinajstić information content (AvgIpc) is 2.58. The average molecular weight is 242 g/mol. The lowest BCUT2D eigenvalue weighted by Crippen LogP contribution is -2.41. The SMILES string of the molecule is CC1CC(C(=O)NCC(N)CC(C)(C)C)CO1. The first kappa shape index (κ1) is 14.5. The van der Waals surface area contributed by atoms with Crippen LogP contribution in [0.3, 0.4) is 0 Å². The van der Waals surface area contributed by atoms with Gasteiger partial charge in [-0.05, 0) is 25.2 Å². The summed E-state index contributed by atoms with van der Waals surface area (Å²) >= 11 is 0. The zero-order valence-corrected chi connectivity index (χ0v) is 11.5. The van der Waals surface area contributed by atoms with E-state index in [1.807, 2.05) is 6.92 Å². The molecular weight excluding hydrogens is 216 g/mol. The van der Waals surface area contributed by atoms with E-state index in [-0.39, 0.29) is 29.4 Å². The lowest BCUT2D eigenvalue weighted by Gasteiger charge is -2.23. The van der Waals surface area contributed by atoms with Crippen molar-refractivity contribution in [3.8, 4) is 0 Å². The van der Waals surface area contributed by atoms with Crippen LogP contribution in [0.25, 0.3) is 0 Å². The topological polar surface area (TPSA) is 64.4 Å². The summed E-state index contributed by atoms with van der Waals surface area (Å²) in [6.07, 6.45) is 1.93. The van der Waals surface area contributed by atoms with E-state index in [4.69, 9.17) is 10.5 Å². The van der Waals surface area contributed by atoms with Gasteiger partial charge in [0, 0.05) is 12.6 Å². The number of rotatable bonds is 4. The number of hydrogen-bond donors (Lipinski definition) is 2. The van der Waals surface area contributed by atoms with Crippen LogP contribution in [0.5, 0.6) is 0 Å². The second-order valence-corrected chi connectivity index (χ2v) is 6.35. The van der Waals surface area contributed by atoms with Gasteiger partial charge in [0.1, 0.15) is 0 Å². The van der Waals surface area contributed by atoms with Crippen LogP contribution in [0.2, 0.25) is 0 Å². The molecule has 4 nitrogen and oxygen atoms in total. The molecule has 0 spiro atoms. The third-order valence-corrected chi connectivity index (χ3v) is 2.98. The maximum Gasteiger partial charge on any atom is 0.225 e. The summed E-state index contributed by atoms with van der Waals surface area (Å²) in [5, 5.41) is 2.92. The van der Waals surface area contributed by atoms with Crippen molar-refractivity contribution in [1.29, 1.82) is 0 Å². The summed E-state index contributed by atoms with van der Waals surface area (Å²) in [7, 11) is 0. The molecule has 0 aromatic rings. The van der Waals surface area contributed by atoms with E-state index in [0.717, 1.165) is 12.8 Å². The molecule has 17 heavy (non-hydrogen) atoms. The van der Waals surface area contributed by atoms with E-state index in [1.165, 1.54) is 0 Å². The van der Waals surface area contributed by atoms with E-state index in [0.29, 0.717) is 13.2 Å². The van der Waals surface area contributed by atoms with E-state index < -0.39 is 0 Å². The summed E-state index contributed by atoms with van der Waals surface area (Å²) in [5.41, 5.74) is 6.19. The van der Waals surface area contributed by atoms with Crippen molar-refractivity contribution in [1.82, 2.24) is 5.32 Å². The summed E-state index contributed by atoms with van der Waals surface area (Å²) in [6, 6.07) is 0.0266. The summed E-state index contributed by atoms with van der Waals surface area (Å²) in [5.74, 6) is 0.0885. The van der Waals surface area contributed by atoms with Crippen molar-refractivity contribution in [3.63, 3.8) is 0 Å². The zero-order valence-electron chi connectivity index (χ0n) is 11.5. The third-order valence-electron chi connectivity index (χ3n) is 2.98. The molecule has 0 radical (unpaired) electrons. The van der Waals surface area contributed by atoms with Crippen LogP contribution < -0.4 is 11.1 Å². The standard InChI is InChI=1S/C13H26N2O2/c1-9-5-10(8-17-9)12(16)15-7-11(14)6-13(2,3)4/h9-11H,5-8,14H2,1-4H3,(H,15,16). The van der Waals surface area contributed by atoms with Gasteiger partial charge >= 0.3 is 0 Å². The molecule has 1 rings (SSSR count). The number of hydrogen-bond acceptors (Lipinski definition) is 3. The normalized spacial score (nSPS) is 26.9. The summed E-state index contributed by atoms with van der Waals surface area (Å²) in [4.78, 5) is 11.8. The van der Waals surface area contributed by atoms with Crippen molar-refractivity contribution in [3.05, 3.63) is 0 Å². The van der Waals surface area contributed by atoms with Gasteiger partial charge in [-0.25, -0.2) is 0 Å². The smallest absolute Gasteiger partial charge is 0.225 e. The second kappa shape index (κ2) is 5.83. The van der Waals surface area contributed by atoms with Gasteiger partial charge in [-0.15, -0.1) is 0 Å². The maximum atomic E-state index is 11.8. The molecule has 0 aromatic carbocycles. The molecular formula is C13H26N2O2. The fraction of sp³-hybridized carbons (Fsp3) is 0.923. The van der Waals surface area contributed by atoms with E-state index >= 15 is 0 Å². The highest BCUT2D eigenvalue weighted by molar-refractivity contribution is 5.79. The van der Waals surface area contributed by atoms with E-state index in [1.54, 1.807) is 0 Å². The Morgan fingerprint density at radius 2 is 2.18 bits per heavy atom. The Kier molecular flexibility index (Phi) is 4.95. The van der Waals surface area contributed by atoms with Gasteiger partial charge in [-0.1, -0.05) is 20.8 Å². The Hall–Kier alpha value is -0.610. The molecule has 0 bridgehead atoms. The Morgan fingerprint density at radius 1 is 1.53 bits per heavy atom. The molecule has 1 aliphatic heterocycles. The Morgan fingerprint density at radius 3 is 2.65 bits per heavy atom. The molecule has 3 atom stereocenters. The first-order chi connectivity index (χ1) is 7.78. The largest absolute Gasteiger partial charge is 0.378 e. The van der Waals surface area contributed by atoms with Gasteiger partial charge in [0.05, 0.1) is 18.6 Å². The molecule has 3 N–H and O–H groups in total. The summed E-state index contributed by atoms with van der Waals surface area (Å²) in [6.45, 7) is 9.56. The second-order valence-electron chi connectivity index (χ2n) is 6.35. The molecule has 100 valence electrons. The van der Waals surface area contributed by atoms with Gasteiger partial charge in [-0.2, -0.15) is 0 Å². The number of nitrogens with two attached hydrogens (primary N) is 1. The zero-order chi connectivity index (χ0) is 13.1. The van der Waals surface area contributed by atoms with Gasteiger partial charge in [0.2, 0.25) is 5.91 Å². The molecule has 1 amide bonds. The van der Waals surface area contributed by atoms with Gasteiger partial charge in [0.25, 0.3) is 0 Å². The number of nitrogens with one attached hydrogen (secondary N) is 1. The van der Waals surface area contributed by atoms with E-state index in [2.05, 4.69) is 26.1 Å². The van der Waals surface area contributed by atoms with Crippen molar-refractivity contribution in [2.45, 2.75) is 52.7 Å². The predicted molar refractivity (Wildman–Crippen MR) is 68.6 cm³/mol. The molecule has 1 aliphatic rings. The quantitative estimate of drug-likeness (QED) is 0.781. The molecule has 3 unspecified atom stereocenters. The van der Waals surface area contributed by atoms with Crippen LogP contribution in [0.15, 0.2) is 0 Å². The predicted octanol–water partition coefficient (Wildman–Crippen LogP) is 1.29. The summed E-state index contributed by atoms with van der Waals surface area (Å²) < 4.78 is 5.38. The van der Waals surface area contributed by atoms with Crippen LogP contribution in [0.1, 0.15) is 40.5 Å². The molecule has 1 fully saturated rings. The fourth-order valence-electron chi connectivity index (χ4n) is 2.23. The van der Waals surface area contributed by atoms with Crippen LogP contribution in [-0.2, 0) is 9.53 Å². The molecule has 4 heteroatoms. The molecule has 0 aliphatic carbocycles. The molecule has 0 saturated carbocycles. The first-order valence-corrected chi connectivity index (χ1v) is 6.43. The van der Waals surface area contributed by atoms with Crippen LogP contribution in [0.4, 0.5) is 0 Å². The maximum absolute atomic E-state index is 11.8. The highest BCUT2D eigenvalue weighted by Crippen LogP contribution is 2.20. The molecule has 1 saturated heterocycles. The van der Waals surface area contributed by atoms with Crippen LogP contribution >= 0.6 is 0 Å². The third kappa shape index (κ3) is 5.50. The Bertz CT molecular complexity index is 261. The number of ether oxygens (including phenoxy) is 1. The van der Waals surface area contributed by atoms with Crippen molar-refractivity contribution in [2.24, 2.45) is 17.1 Å². The minimum absolute atomic E-state index is 0.00633. The first-order valence-electron chi connectivity index (χ1n) is 6.43. The monoisotopic (exact) mass is 242 g/mol. The Labute approximate surface area is 104 Å². The highest BCUT2D eigenvalue weighted by atomic mass is 16.5. The lowest BCUT2D eigenvalue weighted by molar-refractivity contribution is -0.125. The van der Waals surface area contributed by atoms with Crippen molar-refractivity contribution < 1.29 is 9.53 Å². The van der Waals surface area contributed by atoms with Gasteiger partial charge < -0.3 is 15.8 Å². The van der Waals surface area contributed by atoms with Crippen molar-refractivity contribution in [2.75, 3.05) is 13.2 Å². The number of carbonyl (C=O) groups excluding carboxylic acids is 1. The van der Waals surface area contributed by atoms with Gasteiger partial charge in [0.15, 0.2) is 0 Å². The Balaban J connectivity index is 2.24. The fourth-order valence-corrected chi connectivity index (χ4v) is 2.23. The number of carbonyl (C=O) groups is 1. The van der Waals surface area contributed by atoms with E-state index in [9.17, 15) is 4.79 Å². The molecule has 0 aromatic heterocycles. The van der Waals surface area contributed by atoms with Crippen LogP contribution in [0, 0.1) is 11.3 Å². The van der Waals surface area contributed by atoms with Crippen molar-refractivity contribution >= 4 is 5.91 Å². The van der Waals surface area contributed by atoms with Crippen LogP contribution in [-0.4, -0.2) is 31.2 Å². The minimum Gasteiger partial charge on any atom is -0.378 e. The minimum atomic E-state index is 0.00633.